The molecule has 1 aliphatic rings. The summed E-state index contributed by atoms with van der Waals surface area (Å²) in [5.74, 6) is -0.416. The number of azide groups is 1. The highest BCUT2D eigenvalue weighted by Gasteiger charge is 2.42. The van der Waals surface area contributed by atoms with Gasteiger partial charge in [-0.2, -0.15) is 0 Å². The smallest absolute Gasteiger partial charge is 0.217 e. The molecule has 0 aromatic rings. The topological polar surface area (TPSA) is 128 Å². The lowest BCUT2D eigenvalue weighted by Gasteiger charge is -2.40. The molecule has 1 rings (SSSR count). The van der Waals surface area contributed by atoms with Crippen molar-refractivity contribution in [3.05, 3.63) is 10.4 Å². The van der Waals surface area contributed by atoms with Gasteiger partial charge in [0.2, 0.25) is 5.91 Å². The van der Waals surface area contributed by atoms with Crippen LogP contribution in [0.25, 0.3) is 10.4 Å². The molecule has 90 valence electrons. The van der Waals surface area contributed by atoms with Crippen molar-refractivity contribution < 1.29 is 19.7 Å². The Balaban J connectivity index is 2.84. The first kappa shape index (κ1) is 12.7. The molecule has 0 bridgehead atoms. The Morgan fingerprint density at radius 3 is 2.69 bits per heavy atom. The Labute approximate surface area is 91.8 Å². The molecule has 0 saturated carbocycles. The predicted octanol–water partition coefficient (Wildman–Crippen LogP) is -0.732. The van der Waals surface area contributed by atoms with Crippen LogP contribution in [-0.4, -0.2) is 46.7 Å². The molecule has 16 heavy (non-hydrogen) atoms. The molecule has 1 heterocycles. The number of aliphatic hydroxyl groups is 2. The number of carbonyl (C=O) groups is 1. The van der Waals surface area contributed by atoms with E-state index in [1.807, 2.05) is 0 Å². The third kappa shape index (κ3) is 2.61. The second-order valence-corrected chi connectivity index (χ2v) is 3.64. The fraction of sp³-hybridized carbons (Fsp3) is 0.875. The van der Waals surface area contributed by atoms with Crippen molar-refractivity contribution in [2.45, 2.75) is 44.4 Å². The van der Waals surface area contributed by atoms with Gasteiger partial charge in [-0.15, -0.1) is 0 Å². The van der Waals surface area contributed by atoms with Crippen molar-refractivity contribution in [3.8, 4) is 0 Å². The summed E-state index contributed by atoms with van der Waals surface area (Å²) < 4.78 is 5.05. The summed E-state index contributed by atoms with van der Waals surface area (Å²) >= 11 is 0. The molecule has 2 unspecified atom stereocenters. The Kier molecular flexibility index (Phi) is 4.08. The van der Waals surface area contributed by atoms with Crippen molar-refractivity contribution >= 4 is 5.91 Å². The van der Waals surface area contributed by atoms with Crippen molar-refractivity contribution in [1.82, 2.24) is 5.32 Å². The summed E-state index contributed by atoms with van der Waals surface area (Å²) in [6, 6.07) is -1.84. The minimum absolute atomic E-state index is 0.416. The van der Waals surface area contributed by atoms with Crippen LogP contribution in [0.3, 0.4) is 0 Å². The molecule has 8 nitrogen and oxygen atoms in total. The van der Waals surface area contributed by atoms with E-state index in [0.717, 1.165) is 0 Å². The normalized spacial score (nSPS) is 38.6. The standard InChI is InChI=1S/C8H14N4O4/c1-3-5(11-12-9)7(14)6(8(15)16-3)10-4(2)13/h3,5-8,14-15H,1-2H3,(H,10,13)/t3?,5-,6?,7+,8-/m1/s1. The fourth-order valence-electron chi connectivity index (χ4n) is 1.66. The molecular weight excluding hydrogens is 216 g/mol. The number of nitrogens with one attached hydrogen (secondary N) is 1. The summed E-state index contributed by atoms with van der Waals surface area (Å²) in [4.78, 5) is 13.4. The molecule has 0 radical (unpaired) electrons. The number of carbonyl (C=O) groups excluding carboxylic acids is 1. The van der Waals surface area contributed by atoms with E-state index >= 15 is 0 Å². The Morgan fingerprint density at radius 1 is 1.56 bits per heavy atom. The van der Waals surface area contributed by atoms with E-state index in [0.29, 0.717) is 0 Å². The van der Waals surface area contributed by atoms with Crippen LogP contribution in [0.15, 0.2) is 5.11 Å². The van der Waals surface area contributed by atoms with Crippen molar-refractivity contribution in [3.63, 3.8) is 0 Å². The van der Waals surface area contributed by atoms with Crippen LogP contribution < -0.4 is 5.32 Å². The Morgan fingerprint density at radius 2 is 2.19 bits per heavy atom. The maximum Gasteiger partial charge on any atom is 0.217 e. The summed E-state index contributed by atoms with van der Waals surface area (Å²) in [6.45, 7) is 2.82. The molecule has 0 aromatic carbocycles. The van der Waals surface area contributed by atoms with E-state index in [9.17, 15) is 15.0 Å². The van der Waals surface area contributed by atoms with Crippen molar-refractivity contribution in [2.75, 3.05) is 0 Å². The minimum atomic E-state index is -1.32. The molecule has 0 spiro atoms. The number of amides is 1. The average Bonchev–Trinajstić information content (AvgIpc) is 2.19. The van der Waals surface area contributed by atoms with E-state index in [-0.39, 0.29) is 0 Å². The molecule has 0 aromatic heterocycles. The van der Waals surface area contributed by atoms with Gasteiger partial charge in [0.15, 0.2) is 6.29 Å². The van der Waals surface area contributed by atoms with Crippen molar-refractivity contribution in [2.24, 2.45) is 5.11 Å². The highest BCUT2D eigenvalue weighted by molar-refractivity contribution is 5.73. The largest absolute Gasteiger partial charge is 0.390 e. The van der Waals surface area contributed by atoms with E-state index < -0.39 is 36.5 Å². The monoisotopic (exact) mass is 230 g/mol. The number of aliphatic hydroxyl groups excluding tert-OH is 2. The second kappa shape index (κ2) is 5.13. The van der Waals surface area contributed by atoms with E-state index in [1.165, 1.54) is 6.92 Å². The lowest BCUT2D eigenvalue weighted by Crippen LogP contribution is -2.62. The zero-order valence-electron chi connectivity index (χ0n) is 8.94. The maximum atomic E-state index is 10.9. The average molecular weight is 230 g/mol. The zero-order valence-corrected chi connectivity index (χ0v) is 8.94. The lowest BCUT2D eigenvalue weighted by molar-refractivity contribution is -0.209. The van der Waals surface area contributed by atoms with Crippen LogP contribution >= 0.6 is 0 Å². The molecule has 1 fully saturated rings. The molecular formula is C8H14N4O4. The van der Waals surface area contributed by atoms with Gasteiger partial charge >= 0.3 is 0 Å². The molecule has 1 amide bonds. The first-order valence-electron chi connectivity index (χ1n) is 4.80. The molecule has 0 aliphatic carbocycles. The van der Waals surface area contributed by atoms with E-state index in [4.69, 9.17) is 10.3 Å². The van der Waals surface area contributed by atoms with E-state index in [2.05, 4.69) is 15.3 Å². The molecule has 1 saturated heterocycles. The summed E-state index contributed by atoms with van der Waals surface area (Å²) in [6.07, 6.45) is -3.12. The van der Waals surface area contributed by atoms with Gasteiger partial charge in [0.1, 0.15) is 6.04 Å². The number of rotatable bonds is 2. The van der Waals surface area contributed by atoms with Crippen LogP contribution in [0.2, 0.25) is 0 Å². The molecule has 5 atom stereocenters. The van der Waals surface area contributed by atoms with Gasteiger partial charge in [0.25, 0.3) is 0 Å². The first-order valence-corrected chi connectivity index (χ1v) is 4.80. The SMILES string of the molecule is CC(=O)NC1[C@H](O)OC(C)[C@@H](N=[N+]=[N-])[C@@H]1O. The van der Waals surface area contributed by atoms with Gasteiger partial charge in [0, 0.05) is 11.8 Å². The van der Waals surface area contributed by atoms with Gasteiger partial charge < -0.3 is 20.3 Å². The van der Waals surface area contributed by atoms with Gasteiger partial charge in [0.05, 0.1) is 18.2 Å². The zero-order chi connectivity index (χ0) is 12.3. The van der Waals surface area contributed by atoms with Crippen LogP contribution in [0.5, 0.6) is 0 Å². The lowest BCUT2D eigenvalue weighted by atomic mass is 9.96. The summed E-state index contributed by atoms with van der Waals surface area (Å²) in [5, 5.41) is 25.1. The fourth-order valence-corrected chi connectivity index (χ4v) is 1.66. The van der Waals surface area contributed by atoms with Crippen LogP contribution in [0, 0.1) is 0 Å². The van der Waals surface area contributed by atoms with Crippen LogP contribution in [0.1, 0.15) is 13.8 Å². The van der Waals surface area contributed by atoms with Crippen LogP contribution in [-0.2, 0) is 9.53 Å². The van der Waals surface area contributed by atoms with Crippen LogP contribution in [0.4, 0.5) is 0 Å². The maximum absolute atomic E-state index is 10.9. The number of nitrogens with zero attached hydrogens (tertiary/aromatic N) is 3. The Hall–Kier alpha value is -1.34. The second-order valence-electron chi connectivity index (χ2n) is 3.64. The van der Waals surface area contributed by atoms with Gasteiger partial charge in [-0.3, -0.25) is 4.79 Å². The van der Waals surface area contributed by atoms with E-state index in [1.54, 1.807) is 6.92 Å². The Bertz CT molecular complexity index is 317. The van der Waals surface area contributed by atoms with Gasteiger partial charge in [-0.05, 0) is 12.5 Å². The number of ether oxygens (including phenoxy) is 1. The van der Waals surface area contributed by atoms with Gasteiger partial charge in [-0.25, -0.2) is 0 Å². The first-order chi connectivity index (χ1) is 7.47. The number of hydrogen-bond acceptors (Lipinski definition) is 5. The minimum Gasteiger partial charge on any atom is -0.390 e. The van der Waals surface area contributed by atoms with Crippen molar-refractivity contribution in [1.29, 1.82) is 0 Å². The highest BCUT2D eigenvalue weighted by atomic mass is 16.6. The molecule has 1 aliphatic heterocycles. The third-order valence-electron chi connectivity index (χ3n) is 2.41. The summed E-state index contributed by atoms with van der Waals surface area (Å²) in [5.41, 5.74) is 8.33. The molecule has 8 heteroatoms. The highest BCUT2D eigenvalue weighted by Crippen LogP contribution is 2.22. The summed E-state index contributed by atoms with van der Waals surface area (Å²) in [7, 11) is 0. The number of hydrogen-bond donors (Lipinski definition) is 3. The quantitative estimate of drug-likeness (QED) is 0.328. The third-order valence-corrected chi connectivity index (χ3v) is 2.41. The predicted molar refractivity (Wildman–Crippen MR) is 53.1 cm³/mol. The molecule has 3 N–H and O–H groups in total. The van der Waals surface area contributed by atoms with Gasteiger partial charge in [-0.1, -0.05) is 5.11 Å².